The van der Waals surface area contributed by atoms with Gasteiger partial charge >= 0.3 is 17.9 Å². The Hall–Kier alpha value is -2.63. The Labute approximate surface area is 390 Å². The van der Waals surface area contributed by atoms with Gasteiger partial charge in [0.1, 0.15) is 13.2 Å². The summed E-state index contributed by atoms with van der Waals surface area (Å²) in [6, 6.07) is 0. The SMILES string of the molecule is CCCCC/C=C\C/C=C\C/C=C\C/C=C\CCCC(=O)OCC(COC(=O)CCCCCCCCCCCCCCC)OC(=O)CCCCCCCCCCCCCCCCC. The van der Waals surface area contributed by atoms with Crippen molar-refractivity contribution >= 4 is 17.9 Å². The molecular weight excluding hydrogens is 781 g/mol. The van der Waals surface area contributed by atoms with Crippen molar-refractivity contribution in [3.8, 4) is 0 Å². The second kappa shape index (κ2) is 52.0. The molecule has 1 unspecified atom stereocenters. The number of carbonyl (C=O) groups excluding carboxylic acids is 3. The monoisotopic (exact) mass is 883 g/mol. The first-order valence-electron chi connectivity index (χ1n) is 27.1. The fraction of sp³-hybridized carbons (Fsp3) is 0.807. The van der Waals surface area contributed by atoms with Gasteiger partial charge in [0, 0.05) is 19.3 Å². The molecule has 0 amide bonds. The third kappa shape index (κ3) is 50.2. The van der Waals surface area contributed by atoms with Crippen molar-refractivity contribution in [3.05, 3.63) is 48.6 Å². The minimum atomic E-state index is -0.790. The van der Waals surface area contributed by atoms with Crippen LogP contribution in [-0.2, 0) is 28.6 Å². The largest absolute Gasteiger partial charge is 0.462 e. The van der Waals surface area contributed by atoms with Crippen molar-refractivity contribution in [2.75, 3.05) is 13.2 Å². The van der Waals surface area contributed by atoms with Gasteiger partial charge in [-0.25, -0.2) is 0 Å². The summed E-state index contributed by atoms with van der Waals surface area (Å²) in [5, 5.41) is 0. The minimum Gasteiger partial charge on any atom is -0.462 e. The van der Waals surface area contributed by atoms with Crippen molar-refractivity contribution in [1.29, 1.82) is 0 Å². The smallest absolute Gasteiger partial charge is 0.306 e. The minimum absolute atomic E-state index is 0.0859. The molecule has 1 atom stereocenters. The highest BCUT2D eigenvalue weighted by molar-refractivity contribution is 5.71. The molecule has 63 heavy (non-hydrogen) atoms. The third-order valence-electron chi connectivity index (χ3n) is 11.8. The zero-order valence-corrected chi connectivity index (χ0v) is 41.8. The van der Waals surface area contributed by atoms with E-state index in [1.54, 1.807) is 0 Å². The number of hydrogen-bond donors (Lipinski definition) is 0. The number of ether oxygens (including phenoxy) is 3. The van der Waals surface area contributed by atoms with Crippen LogP contribution in [0.1, 0.15) is 278 Å². The quantitative estimate of drug-likeness (QED) is 0.0262. The lowest BCUT2D eigenvalue weighted by molar-refractivity contribution is -0.167. The van der Waals surface area contributed by atoms with Crippen molar-refractivity contribution in [2.45, 2.75) is 284 Å². The van der Waals surface area contributed by atoms with Gasteiger partial charge in [0.25, 0.3) is 0 Å². The van der Waals surface area contributed by atoms with Crippen LogP contribution in [0, 0.1) is 0 Å². The summed E-state index contributed by atoms with van der Waals surface area (Å²) >= 11 is 0. The van der Waals surface area contributed by atoms with E-state index in [4.69, 9.17) is 14.2 Å². The molecule has 0 saturated heterocycles. The van der Waals surface area contributed by atoms with E-state index < -0.39 is 6.10 Å². The molecule has 0 spiro atoms. The van der Waals surface area contributed by atoms with Gasteiger partial charge in [0.05, 0.1) is 0 Å². The Bertz CT molecular complexity index is 1110. The lowest BCUT2D eigenvalue weighted by atomic mass is 10.0. The number of allylic oxidation sites excluding steroid dienone is 8. The molecule has 0 aliphatic rings. The summed E-state index contributed by atoms with van der Waals surface area (Å²) < 4.78 is 16.8. The molecule has 0 aromatic heterocycles. The van der Waals surface area contributed by atoms with Crippen molar-refractivity contribution < 1.29 is 28.6 Å². The van der Waals surface area contributed by atoms with E-state index in [-0.39, 0.29) is 37.5 Å². The fourth-order valence-corrected chi connectivity index (χ4v) is 7.73. The average Bonchev–Trinajstić information content (AvgIpc) is 3.28. The maximum Gasteiger partial charge on any atom is 0.306 e. The van der Waals surface area contributed by atoms with Gasteiger partial charge in [-0.2, -0.15) is 0 Å². The summed E-state index contributed by atoms with van der Waals surface area (Å²) in [6.07, 6.45) is 62.4. The summed E-state index contributed by atoms with van der Waals surface area (Å²) in [6.45, 7) is 6.59. The van der Waals surface area contributed by atoms with Crippen LogP contribution >= 0.6 is 0 Å². The number of unbranched alkanes of at least 4 members (excludes halogenated alkanes) is 30. The van der Waals surface area contributed by atoms with Crippen LogP contribution in [-0.4, -0.2) is 37.2 Å². The highest BCUT2D eigenvalue weighted by Gasteiger charge is 2.19. The molecule has 0 rings (SSSR count). The molecule has 0 aliphatic heterocycles. The molecular formula is C57H102O6. The first kappa shape index (κ1) is 60.4. The lowest BCUT2D eigenvalue weighted by Crippen LogP contribution is -2.30. The van der Waals surface area contributed by atoms with E-state index in [1.165, 1.54) is 167 Å². The topological polar surface area (TPSA) is 78.9 Å². The summed E-state index contributed by atoms with van der Waals surface area (Å²) in [5.41, 5.74) is 0. The second-order valence-corrected chi connectivity index (χ2v) is 18.2. The molecule has 0 aromatic carbocycles. The molecule has 0 radical (unpaired) electrons. The summed E-state index contributed by atoms with van der Waals surface area (Å²) in [5.74, 6) is -0.932. The van der Waals surface area contributed by atoms with Crippen molar-refractivity contribution in [2.24, 2.45) is 0 Å². The Balaban J connectivity index is 4.43. The highest BCUT2D eigenvalue weighted by Crippen LogP contribution is 2.16. The third-order valence-corrected chi connectivity index (χ3v) is 11.8. The Morgan fingerprint density at radius 3 is 0.952 bits per heavy atom. The van der Waals surface area contributed by atoms with Gasteiger partial charge in [-0.15, -0.1) is 0 Å². The van der Waals surface area contributed by atoms with E-state index in [2.05, 4.69) is 69.4 Å². The normalized spacial score (nSPS) is 12.4. The van der Waals surface area contributed by atoms with Crippen LogP contribution in [0.25, 0.3) is 0 Å². The predicted molar refractivity (Wildman–Crippen MR) is 270 cm³/mol. The Morgan fingerprint density at radius 1 is 0.317 bits per heavy atom. The van der Waals surface area contributed by atoms with Gasteiger partial charge in [0.2, 0.25) is 0 Å². The Morgan fingerprint density at radius 2 is 0.587 bits per heavy atom. The number of rotatable bonds is 49. The zero-order valence-electron chi connectivity index (χ0n) is 41.8. The first-order chi connectivity index (χ1) is 31.0. The van der Waals surface area contributed by atoms with Crippen LogP contribution in [0.2, 0.25) is 0 Å². The van der Waals surface area contributed by atoms with E-state index in [0.717, 1.165) is 64.2 Å². The van der Waals surface area contributed by atoms with Crippen LogP contribution in [0.4, 0.5) is 0 Å². The number of esters is 3. The zero-order chi connectivity index (χ0) is 45.8. The maximum absolute atomic E-state index is 12.8. The first-order valence-corrected chi connectivity index (χ1v) is 27.1. The van der Waals surface area contributed by atoms with Crippen LogP contribution in [0.5, 0.6) is 0 Å². The molecule has 0 N–H and O–H groups in total. The van der Waals surface area contributed by atoms with Crippen molar-refractivity contribution in [3.63, 3.8) is 0 Å². The molecule has 0 fully saturated rings. The summed E-state index contributed by atoms with van der Waals surface area (Å²) in [7, 11) is 0. The van der Waals surface area contributed by atoms with E-state index >= 15 is 0 Å². The van der Waals surface area contributed by atoms with Gasteiger partial charge in [-0.1, -0.05) is 249 Å². The van der Waals surface area contributed by atoms with E-state index in [9.17, 15) is 14.4 Å². The molecule has 6 nitrogen and oxygen atoms in total. The average molecular weight is 883 g/mol. The number of hydrogen-bond acceptors (Lipinski definition) is 6. The number of carbonyl (C=O) groups is 3. The molecule has 366 valence electrons. The van der Waals surface area contributed by atoms with Gasteiger partial charge in [0.15, 0.2) is 6.10 Å². The summed E-state index contributed by atoms with van der Waals surface area (Å²) in [4.78, 5) is 38.0. The van der Waals surface area contributed by atoms with Gasteiger partial charge < -0.3 is 14.2 Å². The lowest BCUT2D eigenvalue weighted by Gasteiger charge is -2.18. The molecule has 0 saturated carbocycles. The van der Waals surface area contributed by atoms with E-state index in [1.807, 2.05) is 0 Å². The standard InChI is InChI=1S/C57H102O6/c1-4-7-10-13-16-19-22-25-27-28-30-32-35-38-41-44-47-50-56(59)62-53-54(52-61-55(58)49-46-43-40-37-34-31-24-21-18-15-12-9-6-3)63-57(60)51-48-45-42-39-36-33-29-26-23-20-17-14-11-8-5-2/h16,19,25,27,30,32,38,41,54H,4-15,17-18,20-24,26,28-29,31,33-37,39-40,42-53H2,1-3H3/b19-16-,27-25-,32-30-,41-38-. The van der Waals surface area contributed by atoms with Gasteiger partial charge in [-0.3, -0.25) is 14.4 Å². The molecule has 0 heterocycles. The van der Waals surface area contributed by atoms with Crippen molar-refractivity contribution in [1.82, 2.24) is 0 Å². The Kier molecular flexibility index (Phi) is 49.8. The molecule has 0 bridgehead atoms. The molecule has 0 aliphatic carbocycles. The van der Waals surface area contributed by atoms with Crippen LogP contribution < -0.4 is 0 Å². The van der Waals surface area contributed by atoms with Gasteiger partial charge in [-0.05, 0) is 57.8 Å². The maximum atomic E-state index is 12.8. The second-order valence-electron chi connectivity index (χ2n) is 18.2. The predicted octanol–water partition coefficient (Wildman–Crippen LogP) is 17.9. The van der Waals surface area contributed by atoms with Crippen LogP contribution in [0.3, 0.4) is 0 Å². The molecule has 6 heteroatoms. The fourth-order valence-electron chi connectivity index (χ4n) is 7.73. The van der Waals surface area contributed by atoms with E-state index in [0.29, 0.717) is 19.3 Å². The molecule has 0 aromatic rings. The van der Waals surface area contributed by atoms with Crippen LogP contribution in [0.15, 0.2) is 48.6 Å². The highest BCUT2D eigenvalue weighted by atomic mass is 16.6.